The first-order valence-corrected chi connectivity index (χ1v) is 6.45. The van der Waals surface area contributed by atoms with Crippen molar-refractivity contribution in [2.24, 2.45) is 0 Å². The zero-order valence-corrected chi connectivity index (χ0v) is 11.5. The maximum Gasteiger partial charge on any atom is 0.313 e. The van der Waals surface area contributed by atoms with Crippen LogP contribution in [0.15, 0.2) is 46.9 Å². The van der Waals surface area contributed by atoms with Crippen molar-refractivity contribution in [3.8, 4) is 0 Å². The third-order valence-corrected chi connectivity index (χ3v) is 2.78. The van der Waals surface area contributed by atoms with E-state index >= 15 is 0 Å². The number of furan rings is 1. The van der Waals surface area contributed by atoms with Crippen LogP contribution in [0.2, 0.25) is 0 Å². The van der Waals surface area contributed by atoms with Gasteiger partial charge in [-0.25, -0.2) is 0 Å². The number of carbonyl (C=O) groups is 2. The number of aryl methyl sites for hydroxylation is 1. The number of aliphatic hydroxyl groups excluding tert-OH is 1. The van der Waals surface area contributed by atoms with Gasteiger partial charge >= 0.3 is 11.8 Å². The average Bonchev–Trinajstić information content (AvgIpc) is 2.92. The largest absolute Gasteiger partial charge is 0.464 e. The van der Waals surface area contributed by atoms with Crippen LogP contribution in [0.3, 0.4) is 0 Å². The number of hydrogen-bond acceptors (Lipinski definition) is 4. The number of benzene rings is 1. The van der Waals surface area contributed by atoms with Gasteiger partial charge < -0.3 is 20.2 Å². The van der Waals surface area contributed by atoms with Gasteiger partial charge in [0.1, 0.15) is 17.6 Å². The van der Waals surface area contributed by atoms with Gasteiger partial charge in [0, 0.05) is 5.69 Å². The number of para-hydroxylation sites is 1. The Balaban J connectivity index is 1.82. The predicted molar refractivity (Wildman–Crippen MR) is 76.5 cm³/mol. The van der Waals surface area contributed by atoms with Gasteiger partial charge in [0.25, 0.3) is 0 Å². The van der Waals surface area contributed by atoms with Crippen LogP contribution in [0.4, 0.5) is 5.69 Å². The molecule has 3 N–H and O–H groups in total. The van der Waals surface area contributed by atoms with Gasteiger partial charge in [0.15, 0.2) is 0 Å². The van der Waals surface area contributed by atoms with E-state index in [1.807, 2.05) is 0 Å². The molecule has 2 aromatic rings. The highest BCUT2D eigenvalue weighted by molar-refractivity contribution is 6.39. The number of carbonyl (C=O) groups excluding carboxylic acids is 2. The standard InChI is InChI=1S/C15H16N2O4/c1-10-7-8-13(21-10)12(18)9-16-14(19)15(20)17-11-5-3-2-4-6-11/h2-8,12,18H,9H2,1H3,(H,16,19)(H,17,20)/t12-/m1/s1. The predicted octanol–water partition coefficient (Wildman–Crippen LogP) is 1.38. The molecule has 0 fully saturated rings. The molecule has 6 nitrogen and oxygen atoms in total. The highest BCUT2D eigenvalue weighted by Crippen LogP contribution is 2.15. The van der Waals surface area contributed by atoms with E-state index in [0.29, 0.717) is 17.2 Å². The number of rotatable bonds is 4. The van der Waals surface area contributed by atoms with E-state index in [0.717, 1.165) is 0 Å². The molecule has 2 amide bonds. The Morgan fingerprint density at radius 3 is 2.48 bits per heavy atom. The lowest BCUT2D eigenvalue weighted by molar-refractivity contribution is -0.136. The van der Waals surface area contributed by atoms with Gasteiger partial charge in [0.05, 0.1) is 6.54 Å². The molecule has 2 rings (SSSR count). The topological polar surface area (TPSA) is 91.6 Å². The molecule has 1 aromatic heterocycles. The van der Waals surface area contributed by atoms with E-state index in [-0.39, 0.29) is 6.54 Å². The molecule has 1 aromatic carbocycles. The molecule has 0 aliphatic rings. The van der Waals surface area contributed by atoms with Gasteiger partial charge in [-0.3, -0.25) is 9.59 Å². The average molecular weight is 288 g/mol. The van der Waals surface area contributed by atoms with Crippen LogP contribution in [-0.4, -0.2) is 23.5 Å². The van der Waals surface area contributed by atoms with Gasteiger partial charge in [-0.15, -0.1) is 0 Å². The first-order valence-electron chi connectivity index (χ1n) is 6.45. The lowest BCUT2D eigenvalue weighted by Crippen LogP contribution is -2.37. The number of anilines is 1. The van der Waals surface area contributed by atoms with Crippen LogP contribution in [0.5, 0.6) is 0 Å². The van der Waals surface area contributed by atoms with Gasteiger partial charge in [0.2, 0.25) is 0 Å². The van der Waals surface area contributed by atoms with Crippen molar-refractivity contribution in [3.63, 3.8) is 0 Å². The molecule has 1 atom stereocenters. The zero-order chi connectivity index (χ0) is 15.2. The molecule has 21 heavy (non-hydrogen) atoms. The van der Waals surface area contributed by atoms with Gasteiger partial charge in [-0.2, -0.15) is 0 Å². The Kier molecular flexibility index (Phi) is 4.73. The van der Waals surface area contributed by atoms with Crippen LogP contribution >= 0.6 is 0 Å². The fourth-order valence-corrected chi connectivity index (χ4v) is 1.71. The fraction of sp³-hybridized carbons (Fsp3) is 0.200. The van der Waals surface area contributed by atoms with E-state index in [2.05, 4.69) is 10.6 Å². The van der Waals surface area contributed by atoms with Crippen molar-refractivity contribution in [2.45, 2.75) is 13.0 Å². The van der Waals surface area contributed by atoms with Crippen molar-refractivity contribution >= 4 is 17.5 Å². The molecule has 0 aliphatic carbocycles. The van der Waals surface area contributed by atoms with Gasteiger partial charge in [-0.05, 0) is 31.2 Å². The van der Waals surface area contributed by atoms with Crippen molar-refractivity contribution in [2.75, 3.05) is 11.9 Å². The second-order valence-electron chi connectivity index (χ2n) is 4.49. The van der Waals surface area contributed by atoms with Crippen LogP contribution < -0.4 is 10.6 Å². The Labute approximate surface area is 121 Å². The molecule has 0 aliphatic heterocycles. The maximum atomic E-state index is 11.6. The highest BCUT2D eigenvalue weighted by Gasteiger charge is 2.17. The molecule has 0 bridgehead atoms. The maximum absolute atomic E-state index is 11.6. The van der Waals surface area contributed by atoms with Crippen LogP contribution in [0.25, 0.3) is 0 Å². The summed E-state index contributed by atoms with van der Waals surface area (Å²) in [5.41, 5.74) is 0.528. The summed E-state index contributed by atoms with van der Waals surface area (Å²) in [4.78, 5) is 23.3. The van der Waals surface area contributed by atoms with Crippen LogP contribution in [0, 0.1) is 6.92 Å². The number of nitrogens with one attached hydrogen (secondary N) is 2. The zero-order valence-electron chi connectivity index (χ0n) is 11.5. The summed E-state index contributed by atoms with van der Waals surface area (Å²) in [6.07, 6.45) is -0.993. The minimum absolute atomic E-state index is 0.103. The number of hydrogen-bond donors (Lipinski definition) is 3. The van der Waals surface area contributed by atoms with Gasteiger partial charge in [-0.1, -0.05) is 18.2 Å². The SMILES string of the molecule is Cc1ccc([C@H](O)CNC(=O)C(=O)Nc2ccccc2)o1. The molecular formula is C15H16N2O4. The molecule has 110 valence electrons. The monoisotopic (exact) mass is 288 g/mol. The molecule has 0 spiro atoms. The lowest BCUT2D eigenvalue weighted by Gasteiger charge is -2.09. The van der Waals surface area contributed by atoms with E-state index in [4.69, 9.17) is 4.42 Å². The molecule has 0 unspecified atom stereocenters. The molecule has 0 saturated heterocycles. The molecular weight excluding hydrogens is 272 g/mol. The minimum atomic E-state index is -0.993. The van der Waals surface area contributed by atoms with Crippen molar-refractivity contribution in [1.82, 2.24) is 5.32 Å². The Bertz CT molecular complexity index is 622. The van der Waals surface area contributed by atoms with E-state index in [1.54, 1.807) is 49.4 Å². The van der Waals surface area contributed by atoms with Crippen molar-refractivity contribution in [1.29, 1.82) is 0 Å². The van der Waals surface area contributed by atoms with Crippen molar-refractivity contribution in [3.05, 3.63) is 54.0 Å². The summed E-state index contributed by atoms with van der Waals surface area (Å²) in [5, 5.41) is 14.6. The molecule has 0 saturated carbocycles. The lowest BCUT2D eigenvalue weighted by atomic mass is 10.2. The quantitative estimate of drug-likeness (QED) is 0.741. The van der Waals surface area contributed by atoms with E-state index < -0.39 is 17.9 Å². The second kappa shape index (κ2) is 6.71. The second-order valence-corrected chi connectivity index (χ2v) is 4.49. The highest BCUT2D eigenvalue weighted by atomic mass is 16.4. The summed E-state index contributed by atoms with van der Waals surface area (Å²) in [6, 6.07) is 12.0. The normalized spacial score (nSPS) is 11.7. The Morgan fingerprint density at radius 1 is 1.14 bits per heavy atom. The Hall–Kier alpha value is -2.60. The molecule has 6 heteroatoms. The summed E-state index contributed by atoms with van der Waals surface area (Å²) < 4.78 is 5.23. The molecule has 1 heterocycles. The first kappa shape index (κ1) is 14.8. The van der Waals surface area contributed by atoms with E-state index in [9.17, 15) is 14.7 Å². The van der Waals surface area contributed by atoms with Crippen LogP contribution in [-0.2, 0) is 9.59 Å². The number of aliphatic hydroxyl groups is 1. The summed E-state index contributed by atoms with van der Waals surface area (Å²) >= 11 is 0. The number of amides is 2. The van der Waals surface area contributed by atoms with E-state index in [1.165, 1.54) is 0 Å². The smallest absolute Gasteiger partial charge is 0.313 e. The minimum Gasteiger partial charge on any atom is -0.464 e. The van der Waals surface area contributed by atoms with Crippen LogP contribution in [0.1, 0.15) is 17.6 Å². The fourth-order valence-electron chi connectivity index (χ4n) is 1.71. The third-order valence-electron chi connectivity index (χ3n) is 2.78. The summed E-state index contributed by atoms with van der Waals surface area (Å²) in [7, 11) is 0. The Morgan fingerprint density at radius 2 is 1.86 bits per heavy atom. The summed E-state index contributed by atoms with van der Waals surface area (Å²) in [6.45, 7) is 1.65. The third kappa shape index (κ3) is 4.19. The molecule has 0 radical (unpaired) electrons. The first-order chi connectivity index (χ1) is 10.1. The summed E-state index contributed by atoms with van der Waals surface area (Å²) in [5.74, 6) is -0.598. The van der Waals surface area contributed by atoms with Crippen molar-refractivity contribution < 1.29 is 19.1 Å².